The van der Waals surface area contributed by atoms with Crippen molar-refractivity contribution in [3.8, 4) is 11.5 Å². The third-order valence-corrected chi connectivity index (χ3v) is 13.5. The molecule has 7 rings (SSSR count). The fourth-order valence-electron chi connectivity index (χ4n) is 9.71. The number of carbonyl (C=O) groups is 8. The molecule has 4 fully saturated rings. The van der Waals surface area contributed by atoms with Gasteiger partial charge in [-0.05, 0) is 85.4 Å². The molecule has 4 heterocycles. The molecule has 3 aromatic carbocycles. The van der Waals surface area contributed by atoms with E-state index < -0.39 is 108 Å². The van der Waals surface area contributed by atoms with E-state index in [1.807, 2.05) is 0 Å². The van der Waals surface area contributed by atoms with Gasteiger partial charge in [0.05, 0.1) is 6.61 Å². The Morgan fingerprint density at radius 2 is 0.855 bits per heavy atom. The van der Waals surface area contributed by atoms with Gasteiger partial charge >= 0.3 is 0 Å². The molecule has 0 spiro atoms. The van der Waals surface area contributed by atoms with Crippen LogP contribution in [-0.2, 0) is 57.6 Å². The molecule has 8 N–H and O–H groups in total. The van der Waals surface area contributed by atoms with Crippen LogP contribution in [0.1, 0.15) is 69.1 Å². The van der Waals surface area contributed by atoms with Crippen LogP contribution in [0.15, 0.2) is 78.9 Å². The van der Waals surface area contributed by atoms with Crippen molar-refractivity contribution >= 4 is 47.3 Å². The van der Waals surface area contributed by atoms with E-state index in [2.05, 4.69) is 26.6 Å². The molecule has 0 saturated carbocycles. The Balaban J connectivity index is 1.25. The maximum Gasteiger partial charge on any atom is 0.246 e. The van der Waals surface area contributed by atoms with Crippen molar-refractivity contribution in [2.45, 2.75) is 120 Å². The predicted octanol–water partition coefficient (Wildman–Crippen LogP) is 0.185. The monoisotopic (exact) mass is 950 g/mol. The van der Waals surface area contributed by atoms with Gasteiger partial charge in [0, 0.05) is 38.9 Å². The highest BCUT2D eigenvalue weighted by Crippen LogP contribution is 2.28. The molecule has 0 bridgehead atoms. The standard InChI is InChI=1S/C50H62N8O11/c1-29(2)42-50(69)57-23-7-12-40(57)47(66)53-37(27-32-16-20-34(61)21-17-32)48(67)58-24-8-13-41(58)49(68)56-22-6-11-39(56)46(65)52-36(25-30-9-4-3-5-10-30)43(62)51-35(26-31-14-18-33(60)19-15-31)44(63)54-38(28-59)45(64)55-42/h3-5,9-10,14-21,29,35-42,59-61H,6-8,11-13,22-28H2,1-2H3,(H,51,62)(H,52,65)(H,53,66)(H,54,63)(H,55,64)/t35-,36-,37+,38+,39-,40+,41+,42+/m0/s1. The number of amides is 8. The zero-order valence-corrected chi connectivity index (χ0v) is 38.8. The number of aliphatic hydroxyl groups is 1. The molecular weight excluding hydrogens is 889 g/mol. The summed E-state index contributed by atoms with van der Waals surface area (Å²) in [6, 6.07) is 11.2. The van der Waals surface area contributed by atoms with Gasteiger partial charge in [-0.1, -0.05) is 68.4 Å². The molecular formula is C50H62N8O11. The van der Waals surface area contributed by atoms with Crippen molar-refractivity contribution in [3.05, 3.63) is 95.6 Å². The minimum absolute atomic E-state index is 0.00124. The van der Waals surface area contributed by atoms with E-state index in [1.165, 1.54) is 39.0 Å². The average molecular weight is 951 g/mol. The van der Waals surface area contributed by atoms with E-state index in [1.54, 1.807) is 68.4 Å². The van der Waals surface area contributed by atoms with Crippen LogP contribution in [0, 0.1) is 5.92 Å². The van der Waals surface area contributed by atoms with Gasteiger partial charge in [0.25, 0.3) is 0 Å². The first-order valence-corrected chi connectivity index (χ1v) is 23.8. The number of nitrogens with zero attached hydrogens (tertiary/aromatic N) is 3. The lowest BCUT2D eigenvalue weighted by Crippen LogP contribution is -2.62. The topological polar surface area (TPSA) is 267 Å². The van der Waals surface area contributed by atoms with Crippen molar-refractivity contribution in [2.24, 2.45) is 5.92 Å². The van der Waals surface area contributed by atoms with Crippen molar-refractivity contribution in [1.29, 1.82) is 0 Å². The Bertz CT molecular complexity index is 2370. The molecule has 3 aromatic rings. The van der Waals surface area contributed by atoms with Gasteiger partial charge in [0.2, 0.25) is 47.3 Å². The van der Waals surface area contributed by atoms with E-state index in [4.69, 9.17) is 0 Å². The predicted molar refractivity (Wildman–Crippen MR) is 250 cm³/mol. The molecule has 4 aliphatic heterocycles. The van der Waals surface area contributed by atoms with Crippen molar-refractivity contribution in [1.82, 2.24) is 41.3 Å². The molecule has 368 valence electrons. The van der Waals surface area contributed by atoms with Gasteiger partial charge < -0.3 is 56.6 Å². The molecule has 19 heteroatoms. The Labute approximate surface area is 400 Å². The fourth-order valence-corrected chi connectivity index (χ4v) is 9.71. The number of phenolic OH excluding ortho intramolecular Hbond substituents is 2. The number of fused-ring (bicyclic) bond motifs is 3. The number of phenols is 2. The summed E-state index contributed by atoms with van der Waals surface area (Å²) in [6.07, 6.45) is 1.99. The highest BCUT2D eigenvalue weighted by molar-refractivity contribution is 5.99. The van der Waals surface area contributed by atoms with Crippen LogP contribution in [0.2, 0.25) is 0 Å². The maximum absolute atomic E-state index is 14.8. The number of aliphatic hydroxyl groups excluding tert-OH is 1. The lowest BCUT2D eigenvalue weighted by molar-refractivity contribution is -0.148. The molecule has 19 nitrogen and oxygen atoms in total. The van der Waals surface area contributed by atoms with Gasteiger partial charge in [0.1, 0.15) is 59.8 Å². The van der Waals surface area contributed by atoms with Crippen LogP contribution >= 0.6 is 0 Å². The minimum atomic E-state index is -1.61. The van der Waals surface area contributed by atoms with Gasteiger partial charge in [-0.2, -0.15) is 0 Å². The van der Waals surface area contributed by atoms with Crippen LogP contribution in [0.5, 0.6) is 11.5 Å². The Morgan fingerprint density at radius 1 is 0.464 bits per heavy atom. The van der Waals surface area contributed by atoms with Gasteiger partial charge in [-0.3, -0.25) is 38.4 Å². The summed E-state index contributed by atoms with van der Waals surface area (Å²) in [5.41, 5.74) is 1.78. The smallest absolute Gasteiger partial charge is 0.246 e. The largest absolute Gasteiger partial charge is 0.508 e. The Hall–Kier alpha value is -7.02. The van der Waals surface area contributed by atoms with Crippen molar-refractivity contribution < 1.29 is 53.7 Å². The number of rotatable bonds is 8. The molecule has 69 heavy (non-hydrogen) atoms. The molecule has 8 atom stereocenters. The summed E-state index contributed by atoms with van der Waals surface area (Å²) >= 11 is 0. The lowest BCUT2D eigenvalue weighted by Gasteiger charge is -2.34. The molecule has 0 aromatic heterocycles. The first-order valence-electron chi connectivity index (χ1n) is 23.8. The van der Waals surface area contributed by atoms with Crippen LogP contribution in [0.25, 0.3) is 0 Å². The molecule has 4 saturated heterocycles. The molecule has 4 aliphatic rings. The SMILES string of the molecule is CC(C)[C@H]1NC(=O)[C@@H](CO)NC(=O)[C@H](Cc2ccc(O)cc2)NC(=O)[C@H](Cc2ccccc2)NC(=O)[C@@H]2CCCN2C(=O)[C@H]2CCCN2C(=O)[C@@H](Cc2ccc(O)cc2)NC(=O)[C@H]2CCCN2C1=O. The zero-order chi connectivity index (χ0) is 49.4. The first-order chi connectivity index (χ1) is 33.1. The second-order valence-corrected chi connectivity index (χ2v) is 18.7. The number of nitrogens with one attached hydrogen (secondary N) is 5. The Morgan fingerprint density at radius 3 is 1.35 bits per heavy atom. The molecule has 8 amide bonds. The summed E-state index contributed by atoms with van der Waals surface area (Å²) in [5, 5.41) is 44.1. The third-order valence-electron chi connectivity index (χ3n) is 13.5. The van der Waals surface area contributed by atoms with E-state index in [9.17, 15) is 53.7 Å². The van der Waals surface area contributed by atoms with E-state index >= 15 is 0 Å². The number of benzene rings is 3. The van der Waals surface area contributed by atoms with E-state index in [-0.39, 0.29) is 63.2 Å². The fraction of sp³-hybridized carbons (Fsp3) is 0.480. The van der Waals surface area contributed by atoms with Crippen LogP contribution in [0.3, 0.4) is 0 Å². The van der Waals surface area contributed by atoms with Crippen molar-refractivity contribution in [3.63, 3.8) is 0 Å². The van der Waals surface area contributed by atoms with Crippen LogP contribution < -0.4 is 26.6 Å². The van der Waals surface area contributed by atoms with Gasteiger partial charge in [0.15, 0.2) is 0 Å². The second-order valence-electron chi connectivity index (χ2n) is 18.7. The third kappa shape index (κ3) is 12.0. The Kier molecular flexibility index (Phi) is 16.2. The number of hydrogen-bond donors (Lipinski definition) is 8. The summed E-state index contributed by atoms with van der Waals surface area (Å²) in [4.78, 5) is 120. The number of hydrogen-bond acceptors (Lipinski definition) is 11. The number of aromatic hydroxyl groups is 2. The van der Waals surface area contributed by atoms with Gasteiger partial charge in [-0.15, -0.1) is 0 Å². The second kappa shape index (κ2) is 22.4. The highest BCUT2D eigenvalue weighted by atomic mass is 16.3. The average Bonchev–Trinajstić information content (AvgIpc) is 4.15. The first kappa shape index (κ1) is 49.9. The van der Waals surface area contributed by atoms with E-state index in [0.717, 1.165) is 0 Å². The van der Waals surface area contributed by atoms with E-state index in [0.29, 0.717) is 42.4 Å². The van der Waals surface area contributed by atoms with Crippen molar-refractivity contribution in [2.75, 3.05) is 26.2 Å². The summed E-state index contributed by atoms with van der Waals surface area (Å²) in [7, 11) is 0. The van der Waals surface area contributed by atoms with Gasteiger partial charge in [-0.25, -0.2) is 0 Å². The lowest BCUT2D eigenvalue weighted by atomic mass is 10.0. The molecule has 0 radical (unpaired) electrons. The summed E-state index contributed by atoms with van der Waals surface area (Å²) in [5.74, 6) is -5.95. The number of carbonyl (C=O) groups excluding carboxylic acids is 8. The van der Waals surface area contributed by atoms with Crippen LogP contribution in [-0.4, -0.2) is 152 Å². The summed E-state index contributed by atoms with van der Waals surface area (Å²) < 4.78 is 0. The normalized spacial score (nSPS) is 26.9. The molecule has 0 aliphatic carbocycles. The highest BCUT2D eigenvalue weighted by Gasteiger charge is 2.46. The minimum Gasteiger partial charge on any atom is -0.508 e. The van der Waals surface area contributed by atoms with Crippen LogP contribution in [0.4, 0.5) is 0 Å². The summed E-state index contributed by atoms with van der Waals surface area (Å²) in [6.45, 7) is 3.03. The molecule has 0 unspecified atom stereocenters. The zero-order valence-electron chi connectivity index (χ0n) is 38.8. The quantitative estimate of drug-likeness (QED) is 0.151. The maximum atomic E-state index is 14.8.